The van der Waals surface area contributed by atoms with E-state index in [9.17, 15) is 9.90 Å². The smallest absolute Gasteiger partial charge is 0.322 e. The van der Waals surface area contributed by atoms with Gasteiger partial charge in [0.25, 0.3) is 0 Å². The summed E-state index contributed by atoms with van der Waals surface area (Å²) < 4.78 is 10.00. The van der Waals surface area contributed by atoms with Crippen molar-refractivity contribution in [2.45, 2.75) is 64.5 Å². The number of rotatable bonds is 13. The first-order valence-corrected chi connectivity index (χ1v) is 7.68. The summed E-state index contributed by atoms with van der Waals surface area (Å²) in [4.78, 5) is 11.1. The van der Waals surface area contributed by atoms with Crippen molar-refractivity contribution in [2.75, 3.05) is 26.9 Å². The summed E-state index contributed by atoms with van der Waals surface area (Å²) >= 11 is 0. The number of aliphatic hydroxyl groups is 1. The first kappa shape index (κ1) is 19.4. The van der Waals surface area contributed by atoms with E-state index >= 15 is 0 Å². The maximum absolute atomic E-state index is 11.1. The van der Waals surface area contributed by atoms with Crippen LogP contribution in [0.4, 0.5) is 0 Å². The highest BCUT2D eigenvalue weighted by atomic mass is 16.5. The van der Waals surface area contributed by atoms with E-state index in [1.54, 1.807) is 6.92 Å². The van der Waals surface area contributed by atoms with Crippen molar-refractivity contribution >= 4 is 5.97 Å². The lowest BCUT2D eigenvalue weighted by Gasteiger charge is -2.15. The third-order valence-corrected chi connectivity index (χ3v) is 3.17. The topological polar surface area (TPSA) is 67.8 Å². The average molecular weight is 289 g/mol. The lowest BCUT2D eigenvalue weighted by atomic mass is 10.1. The first-order chi connectivity index (χ1) is 9.61. The molecule has 0 aromatic heterocycles. The van der Waals surface area contributed by atoms with Gasteiger partial charge in [-0.25, -0.2) is 0 Å². The van der Waals surface area contributed by atoms with E-state index in [-0.39, 0.29) is 5.97 Å². The largest absolute Gasteiger partial charge is 0.468 e. The Labute approximate surface area is 123 Å². The molecule has 120 valence electrons. The molecule has 0 saturated heterocycles. The summed E-state index contributed by atoms with van der Waals surface area (Å²) in [7, 11) is 1.35. The Morgan fingerprint density at radius 2 is 1.85 bits per heavy atom. The molecular weight excluding hydrogens is 258 g/mol. The fourth-order valence-corrected chi connectivity index (χ4v) is 1.84. The van der Waals surface area contributed by atoms with Crippen molar-refractivity contribution < 1.29 is 19.4 Å². The summed E-state index contributed by atoms with van der Waals surface area (Å²) in [5.74, 6) is -0.329. The van der Waals surface area contributed by atoms with Crippen LogP contribution < -0.4 is 5.32 Å². The van der Waals surface area contributed by atoms with Crippen LogP contribution in [-0.4, -0.2) is 50.1 Å². The number of nitrogens with one attached hydrogen (secondary N) is 1. The molecule has 5 heteroatoms. The van der Waals surface area contributed by atoms with Gasteiger partial charge >= 0.3 is 5.97 Å². The van der Waals surface area contributed by atoms with E-state index in [1.165, 1.54) is 39.2 Å². The maximum Gasteiger partial charge on any atom is 0.322 e. The zero-order valence-corrected chi connectivity index (χ0v) is 13.2. The highest BCUT2D eigenvalue weighted by Gasteiger charge is 2.13. The number of carbonyl (C=O) groups excluding carboxylic acids is 1. The molecule has 0 aromatic carbocycles. The zero-order chi connectivity index (χ0) is 15.2. The fraction of sp³-hybridized carbons (Fsp3) is 0.933. The number of hydrogen-bond donors (Lipinski definition) is 2. The van der Waals surface area contributed by atoms with Crippen LogP contribution in [0, 0.1) is 0 Å². The standard InChI is InChI=1S/C15H31NO4/c1-4-5-6-7-8-9-10-20-12-14(17)11-16-13(2)15(18)19-3/h13-14,16-17H,4-12H2,1-3H3. The number of esters is 1. The van der Waals surface area contributed by atoms with Crippen molar-refractivity contribution in [1.29, 1.82) is 0 Å². The Balaban J connectivity index is 3.36. The number of aliphatic hydroxyl groups excluding tert-OH is 1. The molecule has 0 bridgehead atoms. The lowest BCUT2D eigenvalue weighted by molar-refractivity contribution is -0.142. The van der Waals surface area contributed by atoms with E-state index in [1.807, 2.05) is 0 Å². The maximum atomic E-state index is 11.1. The third kappa shape index (κ3) is 11.2. The van der Waals surface area contributed by atoms with Crippen LogP contribution in [0.5, 0.6) is 0 Å². The summed E-state index contributed by atoms with van der Waals surface area (Å²) in [6.07, 6.45) is 6.77. The molecule has 0 fully saturated rings. The molecule has 0 rings (SSSR count). The number of ether oxygens (including phenoxy) is 2. The van der Waals surface area contributed by atoms with Crippen LogP contribution in [0.3, 0.4) is 0 Å². The highest BCUT2D eigenvalue weighted by Crippen LogP contribution is 2.04. The Hall–Kier alpha value is -0.650. The van der Waals surface area contributed by atoms with Gasteiger partial charge in [0, 0.05) is 13.2 Å². The predicted molar refractivity (Wildman–Crippen MR) is 79.7 cm³/mol. The van der Waals surface area contributed by atoms with Crippen molar-refractivity contribution in [3.05, 3.63) is 0 Å². The quantitative estimate of drug-likeness (QED) is 0.400. The SMILES string of the molecule is CCCCCCCCOCC(O)CNC(C)C(=O)OC. The van der Waals surface area contributed by atoms with Gasteiger partial charge in [-0.15, -0.1) is 0 Å². The average Bonchev–Trinajstić information content (AvgIpc) is 2.46. The van der Waals surface area contributed by atoms with E-state index in [4.69, 9.17) is 4.74 Å². The number of hydrogen-bond acceptors (Lipinski definition) is 5. The molecule has 2 N–H and O–H groups in total. The molecule has 2 unspecified atom stereocenters. The molecule has 0 saturated carbocycles. The third-order valence-electron chi connectivity index (χ3n) is 3.17. The van der Waals surface area contributed by atoms with Crippen LogP contribution in [0.15, 0.2) is 0 Å². The van der Waals surface area contributed by atoms with Crippen molar-refractivity contribution in [2.24, 2.45) is 0 Å². The van der Waals surface area contributed by atoms with Gasteiger partial charge in [-0.1, -0.05) is 39.0 Å². The van der Waals surface area contributed by atoms with Gasteiger partial charge in [-0.05, 0) is 13.3 Å². The molecule has 0 aliphatic rings. The second-order valence-corrected chi connectivity index (χ2v) is 5.15. The molecule has 0 aliphatic carbocycles. The minimum absolute atomic E-state index is 0.301. The van der Waals surface area contributed by atoms with E-state index in [0.717, 1.165) is 6.42 Å². The van der Waals surface area contributed by atoms with Crippen molar-refractivity contribution in [1.82, 2.24) is 5.32 Å². The molecule has 5 nitrogen and oxygen atoms in total. The Bertz CT molecular complexity index is 236. The first-order valence-electron chi connectivity index (χ1n) is 7.68. The van der Waals surface area contributed by atoms with E-state index in [2.05, 4.69) is 17.0 Å². The van der Waals surface area contributed by atoms with Crippen molar-refractivity contribution in [3.8, 4) is 0 Å². The molecule has 0 aliphatic heterocycles. The number of methoxy groups -OCH3 is 1. The molecule has 2 atom stereocenters. The summed E-state index contributed by atoms with van der Waals surface area (Å²) in [6.45, 7) is 5.23. The van der Waals surface area contributed by atoms with E-state index < -0.39 is 12.1 Å². The second-order valence-electron chi connectivity index (χ2n) is 5.15. The fourth-order valence-electron chi connectivity index (χ4n) is 1.84. The van der Waals surface area contributed by atoms with Gasteiger partial charge in [0.2, 0.25) is 0 Å². The molecule has 0 spiro atoms. The highest BCUT2D eigenvalue weighted by molar-refractivity contribution is 5.75. The summed E-state index contributed by atoms with van der Waals surface area (Å²) in [5.41, 5.74) is 0. The normalized spacial score (nSPS) is 14.0. The van der Waals surface area contributed by atoms with E-state index in [0.29, 0.717) is 19.8 Å². The monoisotopic (exact) mass is 289 g/mol. The Kier molecular flexibility index (Phi) is 12.9. The van der Waals surface area contributed by atoms with Crippen LogP contribution in [-0.2, 0) is 14.3 Å². The molecule has 20 heavy (non-hydrogen) atoms. The zero-order valence-electron chi connectivity index (χ0n) is 13.2. The van der Waals surface area contributed by atoms with Crippen molar-refractivity contribution in [3.63, 3.8) is 0 Å². The summed E-state index contributed by atoms with van der Waals surface area (Å²) in [6, 6.07) is -0.409. The lowest BCUT2D eigenvalue weighted by Crippen LogP contribution is -2.40. The summed E-state index contributed by atoms with van der Waals surface area (Å²) in [5, 5.41) is 12.6. The molecule has 0 amide bonds. The van der Waals surface area contributed by atoms with Gasteiger partial charge in [-0.2, -0.15) is 0 Å². The minimum Gasteiger partial charge on any atom is -0.468 e. The van der Waals surface area contributed by atoms with Crippen LogP contribution in [0.2, 0.25) is 0 Å². The van der Waals surface area contributed by atoms with Gasteiger partial charge in [0.05, 0.1) is 19.8 Å². The Morgan fingerprint density at radius 1 is 1.20 bits per heavy atom. The molecule has 0 heterocycles. The number of carbonyl (C=O) groups is 1. The minimum atomic E-state index is -0.595. The second kappa shape index (κ2) is 13.3. The van der Waals surface area contributed by atoms with Crippen LogP contribution >= 0.6 is 0 Å². The predicted octanol–water partition coefficient (Wildman–Crippen LogP) is 1.88. The van der Waals surface area contributed by atoms with Gasteiger partial charge < -0.3 is 19.9 Å². The molecule has 0 aromatic rings. The number of unbranched alkanes of at least 4 members (excludes halogenated alkanes) is 5. The Morgan fingerprint density at radius 3 is 2.50 bits per heavy atom. The van der Waals surface area contributed by atoms with Crippen LogP contribution in [0.25, 0.3) is 0 Å². The van der Waals surface area contributed by atoms with Gasteiger partial charge in [0.1, 0.15) is 6.04 Å². The molecule has 0 radical (unpaired) electrons. The molecular formula is C15H31NO4. The van der Waals surface area contributed by atoms with Gasteiger partial charge in [-0.3, -0.25) is 4.79 Å². The van der Waals surface area contributed by atoms with Crippen LogP contribution in [0.1, 0.15) is 52.4 Å². The van der Waals surface area contributed by atoms with Gasteiger partial charge in [0.15, 0.2) is 0 Å².